The van der Waals surface area contributed by atoms with Crippen LogP contribution in [-0.2, 0) is 4.74 Å². The Morgan fingerprint density at radius 1 is 1.37 bits per heavy atom. The lowest BCUT2D eigenvalue weighted by atomic mass is 9.90. The van der Waals surface area contributed by atoms with Gasteiger partial charge in [-0.05, 0) is 49.3 Å². The van der Waals surface area contributed by atoms with E-state index in [-0.39, 0.29) is 6.04 Å². The predicted molar refractivity (Wildman–Crippen MR) is 77.3 cm³/mol. The van der Waals surface area contributed by atoms with Crippen molar-refractivity contribution >= 4 is 0 Å². The normalized spacial score (nSPS) is 18.2. The third-order valence-corrected chi connectivity index (χ3v) is 3.69. The average Bonchev–Trinajstić information content (AvgIpc) is 2.46. The van der Waals surface area contributed by atoms with Crippen molar-refractivity contribution in [1.29, 1.82) is 0 Å². The van der Waals surface area contributed by atoms with Gasteiger partial charge in [-0.25, -0.2) is 0 Å². The van der Waals surface area contributed by atoms with Gasteiger partial charge in [0.15, 0.2) is 0 Å². The quantitative estimate of drug-likeness (QED) is 0.856. The van der Waals surface area contributed by atoms with Crippen molar-refractivity contribution in [3.63, 3.8) is 0 Å². The third kappa shape index (κ3) is 4.51. The fourth-order valence-electron chi connectivity index (χ4n) is 2.53. The van der Waals surface area contributed by atoms with Gasteiger partial charge in [0.2, 0.25) is 0 Å². The molecular formula is C16H25NO2. The highest BCUT2D eigenvalue weighted by Gasteiger charge is 2.18. The molecule has 0 radical (unpaired) electrons. The molecule has 0 saturated carbocycles. The van der Waals surface area contributed by atoms with Gasteiger partial charge in [0.25, 0.3) is 0 Å². The first kappa shape index (κ1) is 14.4. The van der Waals surface area contributed by atoms with Crippen LogP contribution in [0.1, 0.15) is 44.2 Å². The van der Waals surface area contributed by atoms with E-state index in [1.807, 2.05) is 12.1 Å². The van der Waals surface area contributed by atoms with Gasteiger partial charge in [-0.3, -0.25) is 0 Å². The lowest BCUT2D eigenvalue weighted by molar-refractivity contribution is 0.0618. The van der Waals surface area contributed by atoms with E-state index in [1.54, 1.807) is 0 Å². The van der Waals surface area contributed by atoms with Gasteiger partial charge in [0.1, 0.15) is 5.75 Å². The lowest BCUT2D eigenvalue weighted by Gasteiger charge is -2.25. The number of hydrogen-bond acceptors (Lipinski definition) is 3. The van der Waals surface area contributed by atoms with Crippen LogP contribution in [0.4, 0.5) is 0 Å². The Kier molecular flexibility index (Phi) is 5.67. The molecule has 2 N–H and O–H groups in total. The second kappa shape index (κ2) is 7.51. The molecule has 1 aromatic carbocycles. The molecule has 0 amide bonds. The van der Waals surface area contributed by atoms with Crippen LogP contribution < -0.4 is 10.5 Å². The molecule has 1 saturated heterocycles. The molecule has 1 heterocycles. The largest absolute Gasteiger partial charge is 0.494 e. The summed E-state index contributed by atoms with van der Waals surface area (Å²) in [5, 5.41) is 0. The molecular weight excluding hydrogens is 238 g/mol. The Morgan fingerprint density at radius 2 is 2.16 bits per heavy atom. The zero-order chi connectivity index (χ0) is 13.5. The summed E-state index contributed by atoms with van der Waals surface area (Å²) in [5.41, 5.74) is 7.51. The van der Waals surface area contributed by atoms with E-state index in [2.05, 4.69) is 19.1 Å². The van der Waals surface area contributed by atoms with Crippen molar-refractivity contribution in [2.75, 3.05) is 19.8 Å². The van der Waals surface area contributed by atoms with Gasteiger partial charge in [-0.1, -0.05) is 19.1 Å². The van der Waals surface area contributed by atoms with Gasteiger partial charge in [0, 0.05) is 19.3 Å². The molecule has 0 bridgehead atoms. The zero-order valence-corrected chi connectivity index (χ0v) is 11.8. The van der Waals surface area contributed by atoms with E-state index in [1.165, 1.54) is 5.56 Å². The Hall–Kier alpha value is -1.06. The molecule has 1 fully saturated rings. The number of ether oxygens (including phenoxy) is 2. The van der Waals surface area contributed by atoms with E-state index < -0.39 is 0 Å². The molecule has 1 atom stereocenters. The topological polar surface area (TPSA) is 44.5 Å². The van der Waals surface area contributed by atoms with Gasteiger partial charge in [-0.2, -0.15) is 0 Å². The molecule has 19 heavy (non-hydrogen) atoms. The SMILES string of the molecule is CCCOc1cccc(C(N)CC2CCOCC2)c1. The fourth-order valence-corrected chi connectivity index (χ4v) is 2.53. The predicted octanol–water partition coefficient (Wildman–Crippen LogP) is 3.29. The molecule has 0 spiro atoms. The molecule has 2 rings (SSSR count). The Morgan fingerprint density at radius 3 is 2.89 bits per heavy atom. The van der Waals surface area contributed by atoms with Crippen LogP contribution in [-0.4, -0.2) is 19.8 Å². The van der Waals surface area contributed by atoms with Crippen LogP contribution in [0, 0.1) is 5.92 Å². The molecule has 3 nitrogen and oxygen atoms in total. The van der Waals surface area contributed by atoms with Crippen LogP contribution in [0.2, 0.25) is 0 Å². The van der Waals surface area contributed by atoms with E-state index >= 15 is 0 Å². The van der Waals surface area contributed by atoms with Crippen LogP contribution >= 0.6 is 0 Å². The van der Waals surface area contributed by atoms with Crippen molar-refractivity contribution in [3.05, 3.63) is 29.8 Å². The minimum atomic E-state index is 0.105. The molecule has 1 unspecified atom stereocenters. The molecule has 0 aliphatic carbocycles. The highest BCUT2D eigenvalue weighted by Crippen LogP contribution is 2.27. The second-order valence-electron chi connectivity index (χ2n) is 5.32. The average molecular weight is 263 g/mol. The van der Waals surface area contributed by atoms with Crippen molar-refractivity contribution in [1.82, 2.24) is 0 Å². The number of hydrogen-bond donors (Lipinski definition) is 1. The summed E-state index contributed by atoms with van der Waals surface area (Å²) in [7, 11) is 0. The molecule has 1 aliphatic heterocycles. The standard InChI is InChI=1S/C16H25NO2/c1-2-8-19-15-5-3-4-14(12-15)16(17)11-13-6-9-18-10-7-13/h3-5,12-13,16H,2,6-11,17H2,1H3. The minimum absolute atomic E-state index is 0.105. The third-order valence-electron chi connectivity index (χ3n) is 3.69. The Balaban J connectivity index is 1.91. The highest BCUT2D eigenvalue weighted by atomic mass is 16.5. The summed E-state index contributed by atoms with van der Waals surface area (Å²) in [6, 6.07) is 8.32. The second-order valence-corrected chi connectivity index (χ2v) is 5.32. The van der Waals surface area contributed by atoms with Gasteiger partial charge >= 0.3 is 0 Å². The van der Waals surface area contributed by atoms with E-state index in [9.17, 15) is 0 Å². The minimum Gasteiger partial charge on any atom is -0.494 e. The van der Waals surface area contributed by atoms with E-state index in [0.29, 0.717) is 5.92 Å². The van der Waals surface area contributed by atoms with Crippen LogP contribution in [0.25, 0.3) is 0 Å². The fraction of sp³-hybridized carbons (Fsp3) is 0.625. The highest BCUT2D eigenvalue weighted by molar-refractivity contribution is 5.30. The summed E-state index contributed by atoms with van der Waals surface area (Å²) in [5.74, 6) is 1.63. The summed E-state index contributed by atoms with van der Waals surface area (Å²) in [4.78, 5) is 0. The summed E-state index contributed by atoms with van der Waals surface area (Å²) in [6.45, 7) is 4.65. The summed E-state index contributed by atoms with van der Waals surface area (Å²) < 4.78 is 11.0. The van der Waals surface area contributed by atoms with E-state index in [0.717, 1.165) is 51.3 Å². The summed E-state index contributed by atoms with van der Waals surface area (Å²) >= 11 is 0. The van der Waals surface area contributed by atoms with Crippen LogP contribution in [0.5, 0.6) is 5.75 Å². The smallest absolute Gasteiger partial charge is 0.119 e. The van der Waals surface area contributed by atoms with Gasteiger partial charge < -0.3 is 15.2 Å². The van der Waals surface area contributed by atoms with Gasteiger partial charge in [-0.15, -0.1) is 0 Å². The molecule has 106 valence electrons. The van der Waals surface area contributed by atoms with E-state index in [4.69, 9.17) is 15.2 Å². The maximum Gasteiger partial charge on any atom is 0.119 e. The van der Waals surface area contributed by atoms with Crippen LogP contribution in [0.3, 0.4) is 0 Å². The van der Waals surface area contributed by atoms with Crippen molar-refractivity contribution < 1.29 is 9.47 Å². The number of nitrogens with two attached hydrogens (primary N) is 1. The summed E-state index contributed by atoms with van der Waals surface area (Å²) in [6.07, 6.45) is 4.35. The molecule has 1 aromatic rings. The maximum atomic E-state index is 6.33. The van der Waals surface area contributed by atoms with Crippen molar-refractivity contribution in [2.24, 2.45) is 11.7 Å². The first-order valence-corrected chi connectivity index (χ1v) is 7.35. The number of rotatable bonds is 6. The van der Waals surface area contributed by atoms with Crippen molar-refractivity contribution in [2.45, 2.75) is 38.6 Å². The van der Waals surface area contributed by atoms with Gasteiger partial charge in [0.05, 0.1) is 6.61 Å². The molecule has 3 heteroatoms. The van der Waals surface area contributed by atoms with Crippen molar-refractivity contribution in [3.8, 4) is 5.75 Å². The zero-order valence-electron chi connectivity index (χ0n) is 11.8. The Labute approximate surface area is 116 Å². The lowest BCUT2D eigenvalue weighted by Crippen LogP contribution is -2.21. The molecule has 1 aliphatic rings. The van der Waals surface area contributed by atoms with Crippen LogP contribution in [0.15, 0.2) is 24.3 Å². The first-order chi connectivity index (χ1) is 9.29. The maximum absolute atomic E-state index is 6.33. The number of benzene rings is 1. The monoisotopic (exact) mass is 263 g/mol. The Bertz CT molecular complexity index is 375. The molecule has 0 aromatic heterocycles. The first-order valence-electron chi connectivity index (χ1n) is 7.35.